The number of Topliss-reactive ketones (excluding diaryl/α,β-unsaturated/α-hetero) is 1. The van der Waals surface area contributed by atoms with Crippen LogP contribution in [0.2, 0.25) is 0 Å². The first-order valence-electron chi connectivity index (χ1n) is 18.1. The van der Waals surface area contributed by atoms with Crippen LogP contribution in [0.4, 0.5) is 5.69 Å². The van der Waals surface area contributed by atoms with Crippen LogP contribution in [-0.2, 0) is 28.7 Å². The number of rotatable bonds is 19. The number of esters is 1. The average molecular weight is 745 g/mol. The summed E-state index contributed by atoms with van der Waals surface area (Å²) in [6.07, 6.45) is 7.81. The number of ketones is 1. The number of piperazine rings is 1. The summed E-state index contributed by atoms with van der Waals surface area (Å²) in [5, 5.41) is 12.8. The molecule has 0 saturated carbocycles. The minimum atomic E-state index is -1.38. The normalized spacial score (nSPS) is 15.5. The van der Waals surface area contributed by atoms with Crippen molar-refractivity contribution in [3.8, 4) is 5.69 Å². The monoisotopic (exact) mass is 744 g/mol. The molecule has 14 nitrogen and oxygen atoms in total. The summed E-state index contributed by atoms with van der Waals surface area (Å²) in [5.41, 5.74) is 4.21. The van der Waals surface area contributed by atoms with E-state index in [9.17, 15) is 29.1 Å². The number of unbranched alkanes of at least 4 members (excludes halogenated alkanes) is 2. The molecule has 0 atom stereocenters. The maximum atomic E-state index is 12.5. The summed E-state index contributed by atoms with van der Waals surface area (Å²) in [7, 11) is 1.53. The smallest absolute Gasteiger partial charge is 0.347 e. The Morgan fingerprint density at radius 1 is 0.963 bits per heavy atom. The highest BCUT2D eigenvalue weighted by molar-refractivity contribution is 6.13. The first-order valence-corrected chi connectivity index (χ1v) is 18.1. The molecule has 0 spiro atoms. The Morgan fingerprint density at radius 2 is 1.59 bits per heavy atom. The molecule has 2 N–H and O–H groups in total. The van der Waals surface area contributed by atoms with E-state index in [1.165, 1.54) is 25.5 Å². The molecular weight excluding hydrogens is 692 g/mol. The molecule has 0 radical (unpaired) electrons. The van der Waals surface area contributed by atoms with Gasteiger partial charge in [0.05, 0.1) is 19.4 Å². The second kappa shape index (κ2) is 18.5. The largest absolute Gasteiger partial charge is 0.481 e. The number of aliphatic imine (C=N–C) groups is 1. The molecule has 54 heavy (non-hydrogen) atoms. The lowest BCUT2D eigenvalue weighted by molar-refractivity contribution is -0.144. The van der Waals surface area contributed by atoms with Gasteiger partial charge in [-0.15, -0.1) is 0 Å². The highest BCUT2D eigenvalue weighted by atomic mass is 16.5. The number of aromatic nitrogens is 1. The topological polar surface area (TPSA) is 163 Å². The molecule has 290 valence electrons. The fourth-order valence-corrected chi connectivity index (χ4v) is 6.64. The summed E-state index contributed by atoms with van der Waals surface area (Å²) >= 11 is 0. The number of methoxy groups -OCH3 is 1. The van der Waals surface area contributed by atoms with E-state index in [4.69, 9.17) is 9.47 Å². The molecule has 2 amide bonds. The molecular formula is C40H52N6O8. The van der Waals surface area contributed by atoms with Crippen molar-refractivity contribution in [2.75, 3.05) is 57.9 Å². The van der Waals surface area contributed by atoms with E-state index < -0.39 is 23.1 Å². The van der Waals surface area contributed by atoms with Crippen molar-refractivity contribution in [2.24, 2.45) is 4.99 Å². The summed E-state index contributed by atoms with van der Waals surface area (Å²) in [5.74, 6) is -2.63. The summed E-state index contributed by atoms with van der Waals surface area (Å²) in [4.78, 5) is 70.0. The third-order valence-corrected chi connectivity index (χ3v) is 9.79. The van der Waals surface area contributed by atoms with Gasteiger partial charge in [0, 0.05) is 91.9 Å². The third-order valence-electron chi connectivity index (χ3n) is 9.79. The number of benzene rings is 1. The number of carbonyl (C=O) groups is 5. The Bertz CT molecular complexity index is 1810. The van der Waals surface area contributed by atoms with E-state index in [1.807, 2.05) is 32.3 Å². The molecule has 1 fully saturated rings. The number of hydrogen-bond donors (Lipinski definition) is 2. The van der Waals surface area contributed by atoms with Crippen LogP contribution in [0.25, 0.3) is 11.8 Å². The Hall–Kier alpha value is -5.50. The molecule has 4 rings (SSSR count). The Labute approximate surface area is 316 Å². The van der Waals surface area contributed by atoms with Gasteiger partial charge in [-0.1, -0.05) is 0 Å². The maximum absolute atomic E-state index is 12.5. The number of anilines is 1. The van der Waals surface area contributed by atoms with Gasteiger partial charge < -0.3 is 29.4 Å². The van der Waals surface area contributed by atoms with E-state index in [0.717, 1.165) is 65.9 Å². The van der Waals surface area contributed by atoms with E-state index >= 15 is 0 Å². The molecule has 1 aromatic heterocycles. The van der Waals surface area contributed by atoms with E-state index in [2.05, 4.69) is 51.1 Å². The molecule has 2 aromatic rings. The van der Waals surface area contributed by atoms with Crippen LogP contribution in [0, 0.1) is 13.8 Å². The molecule has 2 aliphatic rings. The van der Waals surface area contributed by atoms with Gasteiger partial charge in [0.25, 0.3) is 11.8 Å². The van der Waals surface area contributed by atoms with Gasteiger partial charge in [0.1, 0.15) is 0 Å². The van der Waals surface area contributed by atoms with Crippen LogP contribution in [0.15, 0.2) is 59.1 Å². The maximum Gasteiger partial charge on any atom is 0.347 e. The number of amides is 2. The Morgan fingerprint density at radius 3 is 2.17 bits per heavy atom. The van der Waals surface area contributed by atoms with Crippen molar-refractivity contribution >= 4 is 48.0 Å². The van der Waals surface area contributed by atoms with Crippen molar-refractivity contribution in [3.05, 3.63) is 76.6 Å². The lowest BCUT2D eigenvalue weighted by atomic mass is 10.00. The van der Waals surface area contributed by atoms with Gasteiger partial charge >= 0.3 is 11.9 Å². The zero-order valence-corrected chi connectivity index (χ0v) is 32.1. The molecule has 3 heterocycles. The zero-order valence-electron chi connectivity index (χ0n) is 32.1. The molecule has 1 aromatic carbocycles. The Balaban J connectivity index is 1.26. The van der Waals surface area contributed by atoms with Gasteiger partial charge in [-0.25, -0.2) is 14.6 Å². The van der Waals surface area contributed by atoms with E-state index in [-0.39, 0.29) is 30.7 Å². The molecule has 0 unspecified atom stereocenters. The molecule has 0 aliphatic carbocycles. The van der Waals surface area contributed by atoms with Crippen LogP contribution in [-0.4, -0.2) is 114 Å². The van der Waals surface area contributed by atoms with E-state index in [1.54, 1.807) is 13.0 Å². The zero-order chi connectivity index (χ0) is 39.6. The molecule has 0 bridgehead atoms. The van der Waals surface area contributed by atoms with Crippen LogP contribution in [0.3, 0.4) is 0 Å². The summed E-state index contributed by atoms with van der Waals surface area (Å²) < 4.78 is 12.6. The number of imide groups is 1. The highest BCUT2D eigenvalue weighted by Crippen LogP contribution is 2.30. The number of aliphatic carboxylic acids is 1. The predicted octanol–water partition coefficient (Wildman–Crippen LogP) is 4.43. The molecule has 14 heteroatoms. The number of nitrogens with one attached hydrogen (secondary N) is 1. The highest BCUT2D eigenvalue weighted by Gasteiger charge is 2.26. The average Bonchev–Trinajstić information content (AvgIpc) is 3.59. The second-order valence-corrected chi connectivity index (χ2v) is 14.1. The Kier molecular flexibility index (Phi) is 14.1. The first-order chi connectivity index (χ1) is 25.7. The number of nitrogens with zero attached hydrogens (tertiary/aromatic N) is 5. The predicted molar refractivity (Wildman–Crippen MR) is 207 cm³/mol. The van der Waals surface area contributed by atoms with Crippen LogP contribution >= 0.6 is 0 Å². The number of carboxylic acids is 1. The lowest BCUT2D eigenvalue weighted by Gasteiger charge is -2.37. The van der Waals surface area contributed by atoms with Crippen molar-refractivity contribution in [1.82, 2.24) is 19.7 Å². The molecule has 2 aliphatic heterocycles. The quantitative estimate of drug-likeness (QED) is 0.0241. The minimum absolute atomic E-state index is 0.00773. The van der Waals surface area contributed by atoms with Crippen molar-refractivity contribution in [3.63, 3.8) is 0 Å². The van der Waals surface area contributed by atoms with Crippen molar-refractivity contribution in [1.29, 1.82) is 0 Å². The van der Waals surface area contributed by atoms with Gasteiger partial charge in [-0.3, -0.25) is 24.2 Å². The fourth-order valence-electron chi connectivity index (χ4n) is 6.64. The number of carbonyl (C=O) groups excluding carboxylic acids is 4. The van der Waals surface area contributed by atoms with Gasteiger partial charge in [0.15, 0.2) is 11.4 Å². The van der Waals surface area contributed by atoms with E-state index in [0.29, 0.717) is 37.1 Å². The fraction of sp³-hybridized carbons (Fsp3) is 0.450. The number of hydrogen-bond acceptors (Lipinski definition) is 11. The molecule has 1 saturated heterocycles. The number of ether oxygens (including phenoxy) is 2. The van der Waals surface area contributed by atoms with Crippen LogP contribution < -0.4 is 10.2 Å². The third kappa shape index (κ3) is 10.3. The van der Waals surface area contributed by atoms with Gasteiger partial charge in [-0.05, 0) is 96.8 Å². The van der Waals surface area contributed by atoms with Crippen molar-refractivity contribution < 1.29 is 38.6 Å². The van der Waals surface area contributed by atoms with Crippen LogP contribution in [0.5, 0.6) is 0 Å². The van der Waals surface area contributed by atoms with Crippen LogP contribution in [0.1, 0.15) is 73.8 Å². The summed E-state index contributed by atoms with van der Waals surface area (Å²) in [6, 6.07) is 8.28. The standard InChI is InChI=1S/C40H52N6O8/c1-27-33(25-34(41-6)53-7)46(28(2)37(27)29(3)47)31-13-11-30(12-14-31)44-22-20-43(21-23-44)19-17-40(4,5)42-26-32(38(50)51)39(52)54-24-10-8-9-18-45-35(48)15-16-36(45)49/h11-16,25-26,42H,6,8-10,17-24H2,1-5,7H3,(H,50,51)/b32-26-,34-25+. The first kappa shape index (κ1) is 41.3. The SMILES string of the molecule is C=N/C(=C\c1c(C)c(C(C)=O)c(C)n1-c1ccc(N2CCN(CCC(C)(C)N/C=C(/C(=O)O)C(=O)OCCCCCN3C(=O)C=CC3=O)CC2)cc1)OC. The second-order valence-electron chi connectivity index (χ2n) is 14.1. The van der Waals surface area contributed by atoms with Crippen molar-refractivity contribution in [2.45, 2.75) is 65.8 Å². The lowest BCUT2D eigenvalue weighted by Crippen LogP contribution is -2.48. The number of carboxylic acid groups (broad SMARTS) is 1. The minimum Gasteiger partial charge on any atom is -0.481 e. The summed E-state index contributed by atoms with van der Waals surface area (Å²) in [6.45, 7) is 17.4. The van der Waals surface area contributed by atoms with Gasteiger partial charge in [0.2, 0.25) is 5.88 Å². The van der Waals surface area contributed by atoms with Gasteiger partial charge in [-0.2, -0.15) is 0 Å².